The zero-order valence-electron chi connectivity index (χ0n) is 8.15. The summed E-state index contributed by atoms with van der Waals surface area (Å²) in [6.45, 7) is 0. The van der Waals surface area contributed by atoms with E-state index in [1.54, 1.807) is 0 Å². The van der Waals surface area contributed by atoms with Crippen LogP contribution in [0.4, 0.5) is 18.9 Å². The van der Waals surface area contributed by atoms with Crippen LogP contribution in [0, 0.1) is 5.82 Å². The zero-order chi connectivity index (χ0) is 13.2. The van der Waals surface area contributed by atoms with Gasteiger partial charge in [0.05, 0.1) is 10.6 Å². The van der Waals surface area contributed by atoms with Crippen LogP contribution in [0.5, 0.6) is 0 Å². The predicted molar refractivity (Wildman–Crippen MR) is 60.0 cm³/mol. The van der Waals surface area contributed by atoms with Gasteiger partial charge >= 0.3 is 5.76 Å². The molecule has 0 aliphatic rings. The molecular formula is C8H7F3N2O2S2. The topological polar surface area (TPSA) is 72.2 Å². The fourth-order valence-electron chi connectivity index (χ4n) is 1.06. The van der Waals surface area contributed by atoms with Gasteiger partial charge in [0.2, 0.25) is 9.84 Å². The minimum atomic E-state index is -4.93. The molecular weight excluding hydrogens is 277 g/mol. The number of nitrogens with one attached hydrogen (secondary N) is 1. The molecule has 3 N–H and O–H groups in total. The number of sulfone groups is 1. The number of thiocarbonyl (C=S) groups is 1. The quantitative estimate of drug-likeness (QED) is 0.823. The second-order valence-electron chi connectivity index (χ2n) is 2.94. The first kappa shape index (κ1) is 13.7. The van der Waals surface area contributed by atoms with Gasteiger partial charge in [0.15, 0.2) is 5.11 Å². The molecule has 0 bridgehead atoms. The van der Waals surface area contributed by atoms with E-state index < -0.39 is 26.3 Å². The minimum absolute atomic E-state index is 0.292. The van der Waals surface area contributed by atoms with Crippen molar-refractivity contribution in [3.8, 4) is 0 Å². The summed E-state index contributed by atoms with van der Waals surface area (Å²) in [4.78, 5) is -0.889. The summed E-state index contributed by atoms with van der Waals surface area (Å²) in [6, 6.07) is 2.33. The molecule has 0 aliphatic carbocycles. The fraction of sp³-hybridized carbons (Fsp3) is 0.125. The van der Waals surface area contributed by atoms with Gasteiger partial charge in [-0.05, 0) is 30.4 Å². The van der Waals surface area contributed by atoms with Crippen molar-refractivity contribution < 1.29 is 21.6 Å². The highest BCUT2D eigenvalue weighted by atomic mass is 32.2. The monoisotopic (exact) mass is 284 g/mol. The molecule has 0 aliphatic heterocycles. The van der Waals surface area contributed by atoms with Gasteiger partial charge in [-0.2, -0.15) is 8.78 Å². The molecule has 4 nitrogen and oxygen atoms in total. The van der Waals surface area contributed by atoms with Crippen molar-refractivity contribution in [1.82, 2.24) is 0 Å². The Morgan fingerprint density at radius 2 is 2.00 bits per heavy atom. The lowest BCUT2D eigenvalue weighted by Gasteiger charge is -2.10. The van der Waals surface area contributed by atoms with Crippen LogP contribution in [0.1, 0.15) is 0 Å². The molecule has 0 saturated carbocycles. The second-order valence-corrected chi connectivity index (χ2v) is 5.26. The Morgan fingerprint density at radius 3 is 2.47 bits per heavy atom. The van der Waals surface area contributed by atoms with Gasteiger partial charge in [-0.15, -0.1) is 0 Å². The Kier molecular flexibility index (Phi) is 3.94. The standard InChI is InChI=1S/C8H7F3N2O2S2/c9-4-1-2-5(13-8(12)16)6(3-4)17(14,15)7(10)11/h1-3,7H,(H3,12,13,16). The van der Waals surface area contributed by atoms with Crippen molar-refractivity contribution >= 4 is 32.9 Å². The van der Waals surface area contributed by atoms with E-state index in [4.69, 9.17) is 5.73 Å². The van der Waals surface area contributed by atoms with E-state index >= 15 is 0 Å². The van der Waals surface area contributed by atoms with Crippen LogP contribution < -0.4 is 11.1 Å². The predicted octanol–water partition coefficient (Wildman–Crippen LogP) is 1.48. The first-order valence-electron chi connectivity index (χ1n) is 4.13. The third kappa shape index (κ3) is 3.07. The van der Waals surface area contributed by atoms with Crippen LogP contribution in [0.25, 0.3) is 0 Å². The molecule has 1 aromatic rings. The van der Waals surface area contributed by atoms with Crippen LogP contribution in [-0.4, -0.2) is 19.3 Å². The summed E-state index contributed by atoms with van der Waals surface area (Å²) in [5.41, 5.74) is 4.80. The normalized spacial score (nSPS) is 11.5. The summed E-state index contributed by atoms with van der Waals surface area (Å²) in [5, 5.41) is 1.87. The van der Waals surface area contributed by atoms with Gasteiger partial charge in [-0.3, -0.25) is 0 Å². The Hall–Kier alpha value is -1.35. The van der Waals surface area contributed by atoms with Crippen molar-refractivity contribution in [2.45, 2.75) is 10.7 Å². The van der Waals surface area contributed by atoms with Crippen LogP contribution in [0.2, 0.25) is 0 Å². The molecule has 1 rings (SSSR count). The van der Waals surface area contributed by atoms with Gasteiger partial charge in [-0.1, -0.05) is 0 Å². The van der Waals surface area contributed by atoms with Crippen molar-refractivity contribution in [3.63, 3.8) is 0 Å². The van der Waals surface area contributed by atoms with Gasteiger partial charge < -0.3 is 11.1 Å². The molecule has 0 atom stereocenters. The van der Waals surface area contributed by atoms with Gasteiger partial charge in [-0.25, -0.2) is 12.8 Å². The van der Waals surface area contributed by atoms with E-state index in [2.05, 4.69) is 17.5 Å². The minimum Gasteiger partial charge on any atom is -0.376 e. The van der Waals surface area contributed by atoms with Gasteiger partial charge in [0.1, 0.15) is 5.82 Å². The molecule has 0 spiro atoms. The van der Waals surface area contributed by atoms with E-state index in [9.17, 15) is 21.6 Å². The maximum atomic E-state index is 12.9. The average Bonchev–Trinajstić information content (AvgIpc) is 2.19. The maximum absolute atomic E-state index is 12.9. The maximum Gasteiger partial charge on any atom is 0.341 e. The van der Waals surface area contributed by atoms with Crippen molar-refractivity contribution in [2.75, 3.05) is 5.32 Å². The summed E-state index contributed by atoms with van der Waals surface area (Å²) < 4.78 is 60.1. The molecule has 9 heteroatoms. The molecule has 0 unspecified atom stereocenters. The van der Waals surface area contributed by atoms with Gasteiger partial charge in [0.25, 0.3) is 0 Å². The van der Waals surface area contributed by atoms with Crippen molar-refractivity contribution in [1.29, 1.82) is 0 Å². The molecule has 0 amide bonds. The molecule has 0 radical (unpaired) electrons. The second kappa shape index (κ2) is 4.88. The number of hydrogen-bond acceptors (Lipinski definition) is 3. The van der Waals surface area contributed by atoms with Crippen LogP contribution in [0.15, 0.2) is 23.1 Å². The third-order valence-corrected chi connectivity index (χ3v) is 3.26. The van der Waals surface area contributed by atoms with Crippen molar-refractivity contribution in [3.05, 3.63) is 24.0 Å². The number of benzene rings is 1. The van der Waals surface area contributed by atoms with E-state index in [0.29, 0.717) is 6.07 Å². The first-order chi connectivity index (χ1) is 7.75. The number of hydrogen-bond donors (Lipinski definition) is 2. The summed E-state index contributed by atoms with van der Waals surface area (Å²) >= 11 is 4.45. The molecule has 0 aromatic heterocycles. The molecule has 0 saturated heterocycles. The van der Waals surface area contributed by atoms with Crippen LogP contribution in [0.3, 0.4) is 0 Å². The van der Waals surface area contributed by atoms with E-state index in [0.717, 1.165) is 12.1 Å². The lowest BCUT2D eigenvalue weighted by Crippen LogP contribution is -2.22. The molecule has 1 aromatic carbocycles. The Morgan fingerprint density at radius 1 is 1.41 bits per heavy atom. The summed E-state index contributed by atoms with van der Waals surface area (Å²) in [7, 11) is -4.93. The Labute approximate surface area is 101 Å². The van der Waals surface area contributed by atoms with E-state index in [1.165, 1.54) is 0 Å². The molecule has 0 heterocycles. The van der Waals surface area contributed by atoms with Crippen LogP contribution >= 0.6 is 12.2 Å². The van der Waals surface area contributed by atoms with Crippen LogP contribution in [-0.2, 0) is 9.84 Å². The largest absolute Gasteiger partial charge is 0.376 e. The van der Waals surface area contributed by atoms with Gasteiger partial charge in [0, 0.05) is 0 Å². The Bertz CT molecular complexity index is 546. The van der Waals surface area contributed by atoms with E-state index in [1.807, 2.05) is 0 Å². The highest BCUT2D eigenvalue weighted by Crippen LogP contribution is 2.27. The number of rotatable bonds is 3. The highest BCUT2D eigenvalue weighted by Gasteiger charge is 2.29. The average molecular weight is 284 g/mol. The highest BCUT2D eigenvalue weighted by molar-refractivity contribution is 7.91. The zero-order valence-corrected chi connectivity index (χ0v) is 9.79. The number of halogens is 3. The van der Waals surface area contributed by atoms with Crippen molar-refractivity contribution in [2.24, 2.45) is 5.73 Å². The van der Waals surface area contributed by atoms with E-state index in [-0.39, 0.29) is 10.8 Å². The summed E-state index contributed by atoms with van der Waals surface area (Å²) in [5.74, 6) is -4.62. The number of anilines is 1. The molecule has 0 fully saturated rings. The molecule has 94 valence electrons. The smallest absolute Gasteiger partial charge is 0.341 e. The first-order valence-corrected chi connectivity index (χ1v) is 6.08. The fourth-order valence-corrected chi connectivity index (χ4v) is 2.07. The number of alkyl halides is 2. The number of nitrogens with two attached hydrogens (primary N) is 1. The third-order valence-electron chi connectivity index (χ3n) is 1.74. The summed E-state index contributed by atoms with van der Waals surface area (Å²) in [6.07, 6.45) is 0. The lowest BCUT2D eigenvalue weighted by molar-refractivity contribution is 0.235. The Balaban J connectivity index is 3.40. The lowest BCUT2D eigenvalue weighted by atomic mass is 10.3. The molecule has 17 heavy (non-hydrogen) atoms. The SMILES string of the molecule is NC(=S)Nc1ccc(F)cc1S(=O)(=O)C(F)F.